The van der Waals surface area contributed by atoms with Gasteiger partial charge in [-0.25, -0.2) is 8.78 Å². The van der Waals surface area contributed by atoms with Crippen LogP contribution in [0.2, 0.25) is 0 Å². The molecule has 0 aromatic heterocycles. The van der Waals surface area contributed by atoms with E-state index in [9.17, 15) is 4.39 Å². The Bertz CT molecular complexity index is 754. The van der Waals surface area contributed by atoms with Crippen LogP contribution in [0.5, 0.6) is 5.75 Å². The number of anilines is 1. The number of fused-ring (bicyclic) bond motifs is 1. The predicted octanol–water partition coefficient (Wildman–Crippen LogP) is 2.57. The van der Waals surface area contributed by atoms with Crippen molar-refractivity contribution in [2.45, 2.75) is 57.0 Å². The third-order valence-corrected chi connectivity index (χ3v) is 6.04. The van der Waals surface area contributed by atoms with E-state index in [0.29, 0.717) is 30.0 Å². The smallest absolute Gasteiger partial charge is 0.157 e. The van der Waals surface area contributed by atoms with Gasteiger partial charge in [0.25, 0.3) is 0 Å². The summed E-state index contributed by atoms with van der Waals surface area (Å²) in [5.41, 5.74) is 3.11. The lowest BCUT2D eigenvalue weighted by Gasteiger charge is -2.38. The number of alkyl halides is 1. The van der Waals surface area contributed by atoms with Crippen LogP contribution in [0.25, 0.3) is 5.57 Å². The third kappa shape index (κ3) is 3.75. The summed E-state index contributed by atoms with van der Waals surface area (Å²) < 4.78 is 35.7. The number of hydrogen-bond donors (Lipinski definition) is 4. The maximum absolute atomic E-state index is 15.6. The van der Waals surface area contributed by atoms with Crippen molar-refractivity contribution in [2.75, 3.05) is 32.1 Å². The highest BCUT2D eigenvalue weighted by Crippen LogP contribution is 2.41. The molecule has 0 radical (unpaired) electrons. The highest BCUT2D eigenvalue weighted by Gasteiger charge is 2.35. The normalized spacial score (nSPS) is 30.2. The fourth-order valence-electron chi connectivity index (χ4n) is 4.51. The van der Waals surface area contributed by atoms with E-state index in [4.69, 9.17) is 4.74 Å². The van der Waals surface area contributed by atoms with E-state index in [1.807, 2.05) is 13.0 Å². The molecule has 154 valence electrons. The maximum Gasteiger partial charge on any atom is 0.157 e. The van der Waals surface area contributed by atoms with Crippen LogP contribution in [0.3, 0.4) is 0 Å². The summed E-state index contributed by atoms with van der Waals surface area (Å²) in [4.78, 5) is 0. The zero-order valence-electron chi connectivity index (χ0n) is 16.6. The van der Waals surface area contributed by atoms with Crippen molar-refractivity contribution in [3.8, 4) is 5.75 Å². The van der Waals surface area contributed by atoms with Gasteiger partial charge in [-0.15, -0.1) is 0 Å². The molecule has 5 nitrogen and oxygen atoms in total. The van der Waals surface area contributed by atoms with Crippen LogP contribution in [0.4, 0.5) is 14.5 Å². The van der Waals surface area contributed by atoms with Gasteiger partial charge in [-0.3, -0.25) is 5.32 Å². The number of allylic oxidation sites excluding steroid dienone is 1. The highest BCUT2D eigenvalue weighted by atomic mass is 19.1. The lowest BCUT2D eigenvalue weighted by molar-refractivity contribution is 0.143. The fraction of sp³-hybridized carbons (Fsp3) is 0.619. The van der Waals surface area contributed by atoms with Gasteiger partial charge in [-0.1, -0.05) is 6.08 Å². The average molecular weight is 392 g/mol. The van der Waals surface area contributed by atoms with Gasteiger partial charge in [-0.05, 0) is 51.4 Å². The van der Waals surface area contributed by atoms with Gasteiger partial charge in [0, 0.05) is 30.6 Å². The molecule has 7 heteroatoms. The summed E-state index contributed by atoms with van der Waals surface area (Å²) in [6, 6.07) is 1.29. The van der Waals surface area contributed by atoms with Crippen LogP contribution in [0.1, 0.15) is 37.3 Å². The molecule has 0 spiro atoms. The van der Waals surface area contributed by atoms with Crippen molar-refractivity contribution in [3.63, 3.8) is 0 Å². The van der Waals surface area contributed by atoms with Gasteiger partial charge in [0.05, 0.1) is 24.0 Å². The Morgan fingerprint density at radius 3 is 2.96 bits per heavy atom. The standard InChI is InChI=1S/C21H30F2N4O/c1-12-19(22)15(24-2)11-17(26-12)27-16-10-14-6-9-28-21(14)18(20(16)23)13-4-3-7-25-8-5-13/h5,10,12,15,17,19,24-27H,3-4,6-9,11H2,1-2H3. The zero-order chi connectivity index (χ0) is 19.7. The van der Waals surface area contributed by atoms with Crippen LogP contribution in [0, 0.1) is 5.82 Å². The number of nitrogens with one attached hydrogen (secondary N) is 4. The van der Waals surface area contributed by atoms with E-state index in [-0.39, 0.29) is 24.1 Å². The van der Waals surface area contributed by atoms with Gasteiger partial charge >= 0.3 is 0 Å². The molecule has 3 aliphatic heterocycles. The van der Waals surface area contributed by atoms with Crippen molar-refractivity contribution in [1.82, 2.24) is 16.0 Å². The minimum Gasteiger partial charge on any atom is -0.492 e. The lowest BCUT2D eigenvalue weighted by Crippen LogP contribution is -2.59. The molecule has 0 bridgehead atoms. The molecule has 3 aliphatic rings. The predicted molar refractivity (Wildman–Crippen MR) is 108 cm³/mol. The molecule has 4 unspecified atom stereocenters. The van der Waals surface area contributed by atoms with Crippen LogP contribution < -0.4 is 26.0 Å². The number of piperidine rings is 1. The Balaban J connectivity index is 1.65. The van der Waals surface area contributed by atoms with E-state index in [2.05, 4.69) is 27.3 Å². The topological polar surface area (TPSA) is 57.3 Å². The Morgan fingerprint density at radius 1 is 1.29 bits per heavy atom. The molecule has 0 aliphatic carbocycles. The van der Waals surface area contributed by atoms with Crippen molar-refractivity contribution in [1.29, 1.82) is 0 Å². The van der Waals surface area contributed by atoms with Crippen molar-refractivity contribution in [2.24, 2.45) is 0 Å². The molecule has 4 rings (SSSR count). The molecular formula is C21H30F2N4O. The Morgan fingerprint density at radius 2 is 2.14 bits per heavy atom. The third-order valence-electron chi connectivity index (χ3n) is 6.04. The maximum atomic E-state index is 15.6. The number of rotatable bonds is 4. The van der Waals surface area contributed by atoms with Crippen LogP contribution in [-0.2, 0) is 6.42 Å². The molecule has 1 aromatic carbocycles. The molecule has 3 heterocycles. The molecule has 1 aromatic rings. The summed E-state index contributed by atoms with van der Waals surface area (Å²) in [7, 11) is 1.77. The summed E-state index contributed by atoms with van der Waals surface area (Å²) in [5, 5.41) is 12.9. The fourth-order valence-corrected chi connectivity index (χ4v) is 4.51. The largest absolute Gasteiger partial charge is 0.492 e. The SMILES string of the molecule is CNC1CC(Nc2cc3c(c(C4=CCNCCC4)c2F)OCC3)NC(C)C1F. The van der Waals surface area contributed by atoms with Crippen molar-refractivity contribution < 1.29 is 13.5 Å². The second-order valence-electron chi connectivity index (χ2n) is 7.96. The summed E-state index contributed by atoms with van der Waals surface area (Å²) in [6.07, 6.45) is 4.02. The van der Waals surface area contributed by atoms with Crippen molar-refractivity contribution in [3.05, 3.63) is 29.1 Å². The number of hydrogen-bond acceptors (Lipinski definition) is 5. The number of benzene rings is 1. The van der Waals surface area contributed by atoms with E-state index < -0.39 is 6.17 Å². The second-order valence-corrected chi connectivity index (χ2v) is 7.96. The molecule has 4 N–H and O–H groups in total. The number of ether oxygens (including phenoxy) is 1. The first-order chi connectivity index (χ1) is 13.6. The first-order valence-corrected chi connectivity index (χ1v) is 10.3. The Kier molecular flexibility index (Phi) is 5.85. The van der Waals surface area contributed by atoms with Crippen LogP contribution in [-0.4, -0.2) is 51.2 Å². The van der Waals surface area contributed by atoms with Gasteiger partial charge in [0.15, 0.2) is 5.82 Å². The monoisotopic (exact) mass is 392 g/mol. The zero-order valence-corrected chi connectivity index (χ0v) is 16.6. The van der Waals surface area contributed by atoms with Gasteiger partial charge in [0.2, 0.25) is 0 Å². The Hall–Kier alpha value is -1.70. The van der Waals surface area contributed by atoms with E-state index >= 15 is 4.39 Å². The summed E-state index contributed by atoms with van der Waals surface area (Å²) in [6.45, 7) is 4.08. The minimum atomic E-state index is -0.972. The quantitative estimate of drug-likeness (QED) is 0.635. The summed E-state index contributed by atoms with van der Waals surface area (Å²) >= 11 is 0. The molecule has 0 saturated carbocycles. The van der Waals surface area contributed by atoms with E-state index in [0.717, 1.165) is 43.5 Å². The lowest BCUT2D eigenvalue weighted by atomic mass is 9.94. The first kappa shape index (κ1) is 19.6. The van der Waals surface area contributed by atoms with E-state index in [1.54, 1.807) is 7.05 Å². The molecule has 1 fully saturated rings. The van der Waals surface area contributed by atoms with Gasteiger partial charge < -0.3 is 20.7 Å². The highest BCUT2D eigenvalue weighted by molar-refractivity contribution is 5.77. The molecular weight excluding hydrogens is 362 g/mol. The number of halogens is 2. The van der Waals surface area contributed by atoms with Crippen LogP contribution in [0.15, 0.2) is 12.1 Å². The molecule has 1 saturated heterocycles. The Labute approximate surface area is 165 Å². The summed E-state index contributed by atoms with van der Waals surface area (Å²) in [5.74, 6) is 0.421. The van der Waals surface area contributed by atoms with Crippen LogP contribution >= 0.6 is 0 Å². The first-order valence-electron chi connectivity index (χ1n) is 10.3. The molecule has 0 amide bonds. The second kappa shape index (κ2) is 8.35. The van der Waals surface area contributed by atoms with E-state index in [1.165, 1.54) is 0 Å². The van der Waals surface area contributed by atoms with Gasteiger partial charge in [0.1, 0.15) is 11.9 Å². The van der Waals surface area contributed by atoms with Gasteiger partial charge in [-0.2, -0.15) is 0 Å². The van der Waals surface area contributed by atoms with Crippen molar-refractivity contribution >= 4 is 11.3 Å². The minimum absolute atomic E-state index is 0.202. The molecule has 4 atom stereocenters. The average Bonchev–Trinajstić information content (AvgIpc) is 2.97. The molecule has 28 heavy (non-hydrogen) atoms.